The average molecular weight is 339 g/mol. The maximum absolute atomic E-state index is 7.07. The molecule has 0 aromatic rings. The van der Waals surface area contributed by atoms with E-state index >= 15 is 0 Å². The van der Waals surface area contributed by atoms with E-state index in [1.165, 1.54) is 12.8 Å². The summed E-state index contributed by atoms with van der Waals surface area (Å²) in [6.07, 6.45) is 16.9. The molecule has 8 fully saturated rings. The van der Waals surface area contributed by atoms with Crippen LogP contribution in [0.25, 0.3) is 0 Å². The number of hydrogen-bond donors (Lipinski definition) is 0. The van der Waals surface area contributed by atoms with Crippen molar-refractivity contribution in [2.75, 3.05) is 0 Å². The van der Waals surface area contributed by atoms with Crippen LogP contribution < -0.4 is 0 Å². The van der Waals surface area contributed by atoms with Crippen molar-refractivity contribution in [1.29, 1.82) is 0 Å². The quantitative estimate of drug-likeness (QED) is 0.633. The first kappa shape index (κ1) is 14.0. The molecule has 0 spiro atoms. The molecule has 0 heterocycles. The Kier molecular flexibility index (Phi) is 2.53. The molecule has 25 heavy (non-hydrogen) atoms. The molecule has 0 aromatic heterocycles. The van der Waals surface area contributed by atoms with E-state index in [2.05, 4.69) is 0 Å². The molecule has 14 unspecified atom stereocenters. The minimum absolute atomic E-state index is 0.687. The Hall–Kier alpha value is -0.0400. The monoisotopic (exact) mass is 338 g/mol. The summed E-state index contributed by atoms with van der Waals surface area (Å²) in [5, 5.41) is 0. The Labute approximate surface area is 152 Å². The summed E-state index contributed by atoms with van der Waals surface area (Å²) >= 11 is 0. The standard InChI is InChI=1S/C24H34O/c1-3-13-5-11(1)21-15-7-17(23(13)21)19(9-15)25-20-10-16-8-18(20)24-14-4-2-12(6-14)22(16)24/h11-24H,1-10H2. The number of fused-ring (bicyclic) bond motifs is 18. The molecule has 0 aliphatic heterocycles. The maximum atomic E-state index is 7.07. The zero-order chi connectivity index (χ0) is 15.9. The van der Waals surface area contributed by atoms with Gasteiger partial charge in [-0.1, -0.05) is 0 Å². The van der Waals surface area contributed by atoms with Gasteiger partial charge in [0.1, 0.15) is 0 Å². The first-order valence-corrected chi connectivity index (χ1v) is 12.0. The lowest BCUT2D eigenvalue weighted by Crippen LogP contribution is -2.42. The fraction of sp³-hybridized carbons (Fsp3) is 1.00. The van der Waals surface area contributed by atoms with Gasteiger partial charge in [0, 0.05) is 0 Å². The SMILES string of the molecule is C1CC2CC1C1C3CC(OC4CC5CC4C4C6CCC(C6)C54)C(C3)C21. The zero-order valence-electron chi connectivity index (χ0n) is 15.6. The molecular weight excluding hydrogens is 304 g/mol. The molecule has 8 aliphatic rings. The summed E-state index contributed by atoms with van der Waals surface area (Å²) in [7, 11) is 0. The summed E-state index contributed by atoms with van der Waals surface area (Å²) < 4.78 is 7.07. The van der Waals surface area contributed by atoms with Crippen molar-refractivity contribution in [3.63, 3.8) is 0 Å². The van der Waals surface area contributed by atoms with Gasteiger partial charge in [0.2, 0.25) is 0 Å². The average Bonchev–Trinajstić information content (AvgIpc) is 3.47. The van der Waals surface area contributed by atoms with Gasteiger partial charge in [-0.15, -0.1) is 0 Å². The summed E-state index contributed by atoms with van der Waals surface area (Å²) in [5.74, 6) is 13.2. The van der Waals surface area contributed by atoms with Gasteiger partial charge in [-0.05, 0) is 135 Å². The van der Waals surface area contributed by atoms with Crippen molar-refractivity contribution in [2.24, 2.45) is 71.0 Å². The Morgan fingerprint density at radius 2 is 0.840 bits per heavy atom. The lowest BCUT2D eigenvalue weighted by Gasteiger charge is -2.43. The molecule has 1 nitrogen and oxygen atoms in total. The molecule has 1 heteroatoms. The first-order valence-electron chi connectivity index (χ1n) is 12.0. The van der Waals surface area contributed by atoms with E-state index in [-0.39, 0.29) is 0 Å². The van der Waals surface area contributed by atoms with Gasteiger partial charge in [-0.3, -0.25) is 0 Å². The molecule has 136 valence electrons. The zero-order valence-corrected chi connectivity index (χ0v) is 15.6. The fourth-order valence-electron chi connectivity index (χ4n) is 11.5. The van der Waals surface area contributed by atoms with Gasteiger partial charge in [0.15, 0.2) is 0 Å². The molecule has 8 bridgehead atoms. The van der Waals surface area contributed by atoms with E-state index in [1.807, 2.05) is 0 Å². The van der Waals surface area contributed by atoms with Gasteiger partial charge in [0.25, 0.3) is 0 Å². The highest BCUT2D eigenvalue weighted by atomic mass is 16.5. The van der Waals surface area contributed by atoms with Crippen LogP contribution in [0.3, 0.4) is 0 Å². The predicted octanol–water partition coefficient (Wildman–Crippen LogP) is 5.14. The Balaban J connectivity index is 1.03. The number of rotatable bonds is 2. The van der Waals surface area contributed by atoms with E-state index in [0.29, 0.717) is 12.2 Å². The largest absolute Gasteiger partial charge is 0.374 e. The minimum atomic E-state index is 0.687. The van der Waals surface area contributed by atoms with Crippen LogP contribution in [0.1, 0.15) is 64.2 Å². The molecular formula is C24H34O. The molecule has 8 saturated carbocycles. The van der Waals surface area contributed by atoms with Crippen LogP contribution in [0, 0.1) is 71.0 Å². The second kappa shape index (κ2) is 4.50. The second-order valence-electron chi connectivity index (χ2n) is 12.0. The summed E-state index contributed by atoms with van der Waals surface area (Å²) in [6, 6.07) is 0. The third kappa shape index (κ3) is 1.56. The summed E-state index contributed by atoms with van der Waals surface area (Å²) in [5.41, 5.74) is 0. The molecule has 8 aliphatic carbocycles. The Morgan fingerprint density at radius 3 is 1.32 bits per heavy atom. The maximum Gasteiger partial charge on any atom is 0.0612 e. The van der Waals surface area contributed by atoms with E-state index in [4.69, 9.17) is 4.74 Å². The number of hydrogen-bond acceptors (Lipinski definition) is 1. The molecule has 0 N–H and O–H groups in total. The highest BCUT2D eigenvalue weighted by molar-refractivity contribution is 5.14. The van der Waals surface area contributed by atoms with Crippen LogP contribution >= 0.6 is 0 Å². The molecule has 0 saturated heterocycles. The van der Waals surface area contributed by atoms with E-state index in [1.54, 1.807) is 51.4 Å². The van der Waals surface area contributed by atoms with E-state index in [0.717, 1.165) is 71.0 Å². The van der Waals surface area contributed by atoms with Crippen LogP contribution in [-0.4, -0.2) is 12.2 Å². The van der Waals surface area contributed by atoms with Crippen molar-refractivity contribution >= 4 is 0 Å². The van der Waals surface area contributed by atoms with Crippen LogP contribution in [0.2, 0.25) is 0 Å². The molecule has 0 radical (unpaired) electrons. The van der Waals surface area contributed by atoms with Crippen LogP contribution in [0.15, 0.2) is 0 Å². The fourth-order valence-corrected chi connectivity index (χ4v) is 11.5. The van der Waals surface area contributed by atoms with E-state index in [9.17, 15) is 0 Å². The topological polar surface area (TPSA) is 9.23 Å². The lowest BCUT2D eigenvalue weighted by molar-refractivity contribution is -0.105. The van der Waals surface area contributed by atoms with Crippen LogP contribution in [-0.2, 0) is 4.74 Å². The van der Waals surface area contributed by atoms with Crippen molar-refractivity contribution in [2.45, 2.75) is 76.4 Å². The van der Waals surface area contributed by atoms with Gasteiger partial charge >= 0.3 is 0 Å². The van der Waals surface area contributed by atoms with Gasteiger partial charge in [0.05, 0.1) is 12.2 Å². The highest BCUT2D eigenvalue weighted by Gasteiger charge is 2.65. The third-order valence-electron chi connectivity index (χ3n) is 11.7. The predicted molar refractivity (Wildman–Crippen MR) is 96.7 cm³/mol. The van der Waals surface area contributed by atoms with Gasteiger partial charge < -0.3 is 4.74 Å². The molecule has 14 atom stereocenters. The van der Waals surface area contributed by atoms with Crippen molar-refractivity contribution in [1.82, 2.24) is 0 Å². The van der Waals surface area contributed by atoms with Crippen LogP contribution in [0.5, 0.6) is 0 Å². The molecule has 0 amide bonds. The van der Waals surface area contributed by atoms with Crippen molar-refractivity contribution in [3.8, 4) is 0 Å². The van der Waals surface area contributed by atoms with Crippen LogP contribution in [0.4, 0.5) is 0 Å². The van der Waals surface area contributed by atoms with Gasteiger partial charge in [-0.25, -0.2) is 0 Å². The smallest absolute Gasteiger partial charge is 0.0612 e. The first-order chi connectivity index (χ1) is 12.3. The van der Waals surface area contributed by atoms with E-state index < -0.39 is 0 Å². The Morgan fingerprint density at radius 1 is 0.400 bits per heavy atom. The summed E-state index contributed by atoms with van der Waals surface area (Å²) in [4.78, 5) is 0. The van der Waals surface area contributed by atoms with Crippen molar-refractivity contribution < 1.29 is 4.74 Å². The second-order valence-corrected chi connectivity index (χ2v) is 12.0. The normalized spacial score (nSPS) is 70.6. The van der Waals surface area contributed by atoms with Gasteiger partial charge in [-0.2, -0.15) is 0 Å². The number of ether oxygens (including phenoxy) is 1. The highest BCUT2D eigenvalue weighted by Crippen LogP contribution is 2.70. The lowest BCUT2D eigenvalue weighted by atomic mass is 9.69. The van der Waals surface area contributed by atoms with Crippen molar-refractivity contribution in [3.05, 3.63) is 0 Å². The molecule has 0 aromatic carbocycles. The minimum Gasteiger partial charge on any atom is -0.374 e. The molecule has 8 rings (SSSR count). The summed E-state index contributed by atoms with van der Waals surface area (Å²) in [6.45, 7) is 0. The third-order valence-corrected chi connectivity index (χ3v) is 11.7. The Bertz CT molecular complexity index is 561.